The molecule has 3 N–H and O–H groups in total. The summed E-state index contributed by atoms with van der Waals surface area (Å²) in [6, 6.07) is 11.2. The van der Waals surface area contributed by atoms with Crippen molar-refractivity contribution in [2.75, 3.05) is 12.3 Å². The summed E-state index contributed by atoms with van der Waals surface area (Å²) in [4.78, 5) is 0.168. The molecule has 0 aromatic heterocycles. The Hall–Kier alpha value is -1.27. The lowest BCUT2D eigenvalue weighted by molar-refractivity contribution is 0.581. The molecule has 112 valence electrons. The van der Waals surface area contributed by atoms with Crippen LogP contribution in [0.4, 0.5) is 5.69 Å². The normalized spacial score (nSPS) is 11.5. The molecule has 2 aromatic rings. The van der Waals surface area contributed by atoms with Crippen LogP contribution in [0.2, 0.25) is 10.0 Å². The number of nitrogens with two attached hydrogens (primary N) is 1. The van der Waals surface area contributed by atoms with Crippen LogP contribution in [0.1, 0.15) is 5.56 Å². The molecule has 2 rings (SSSR count). The summed E-state index contributed by atoms with van der Waals surface area (Å²) in [6.45, 7) is 0.205. The summed E-state index contributed by atoms with van der Waals surface area (Å²) in [7, 11) is -3.56. The summed E-state index contributed by atoms with van der Waals surface area (Å²) in [6.07, 6.45) is 0.409. The molecule has 0 saturated carbocycles. The first-order chi connectivity index (χ1) is 9.90. The van der Waals surface area contributed by atoms with Crippen LogP contribution in [0, 0.1) is 0 Å². The molecular formula is C14H14Cl2N2O2S. The smallest absolute Gasteiger partial charge is 0.240 e. The fourth-order valence-electron chi connectivity index (χ4n) is 1.81. The van der Waals surface area contributed by atoms with Gasteiger partial charge in [0.2, 0.25) is 10.0 Å². The molecule has 2 aromatic carbocycles. The highest BCUT2D eigenvalue weighted by Gasteiger charge is 2.14. The molecule has 4 nitrogen and oxygen atoms in total. The number of sulfonamides is 1. The van der Waals surface area contributed by atoms with Crippen molar-refractivity contribution in [3.8, 4) is 0 Å². The third kappa shape index (κ3) is 4.11. The largest absolute Gasteiger partial charge is 0.399 e. The minimum absolute atomic E-state index is 0.168. The van der Waals surface area contributed by atoms with E-state index in [1.165, 1.54) is 12.1 Å². The number of nitrogens with one attached hydrogen (secondary N) is 1. The Morgan fingerprint density at radius 1 is 1.00 bits per heavy atom. The summed E-state index contributed by atoms with van der Waals surface area (Å²) < 4.78 is 26.7. The average molecular weight is 345 g/mol. The Labute approximate surface area is 133 Å². The van der Waals surface area contributed by atoms with E-state index in [0.29, 0.717) is 22.2 Å². The van der Waals surface area contributed by atoms with E-state index in [4.69, 9.17) is 28.9 Å². The van der Waals surface area contributed by atoms with E-state index >= 15 is 0 Å². The molecule has 0 unspecified atom stereocenters. The van der Waals surface area contributed by atoms with Crippen LogP contribution in [0.3, 0.4) is 0 Å². The number of nitrogen functional groups attached to an aromatic ring is 1. The number of hydrogen-bond donors (Lipinski definition) is 2. The van der Waals surface area contributed by atoms with Crippen molar-refractivity contribution in [1.82, 2.24) is 4.72 Å². The molecule has 0 fully saturated rings. The van der Waals surface area contributed by atoms with Gasteiger partial charge >= 0.3 is 0 Å². The van der Waals surface area contributed by atoms with Gasteiger partial charge in [-0.15, -0.1) is 0 Å². The summed E-state index contributed by atoms with van der Waals surface area (Å²) in [5, 5.41) is 1.04. The van der Waals surface area contributed by atoms with Gasteiger partial charge in [0.05, 0.1) is 4.90 Å². The summed E-state index contributed by atoms with van der Waals surface area (Å²) in [5.74, 6) is 0. The van der Waals surface area contributed by atoms with E-state index in [1.54, 1.807) is 30.3 Å². The van der Waals surface area contributed by atoms with E-state index in [-0.39, 0.29) is 11.4 Å². The molecule has 7 heteroatoms. The molecule has 0 saturated heterocycles. The Morgan fingerprint density at radius 2 is 1.57 bits per heavy atom. The number of anilines is 1. The first-order valence-electron chi connectivity index (χ1n) is 6.18. The van der Waals surface area contributed by atoms with Crippen LogP contribution in [0.5, 0.6) is 0 Å². The van der Waals surface area contributed by atoms with E-state index in [9.17, 15) is 8.42 Å². The van der Waals surface area contributed by atoms with Gasteiger partial charge in [-0.25, -0.2) is 13.1 Å². The van der Waals surface area contributed by atoms with Crippen LogP contribution in [0.15, 0.2) is 47.4 Å². The summed E-state index contributed by atoms with van der Waals surface area (Å²) >= 11 is 12.1. The molecule has 21 heavy (non-hydrogen) atoms. The van der Waals surface area contributed by atoms with Crippen molar-refractivity contribution in [2.24, 2.45) is 0 Å². The lowest BCUT2D eigenvalue weighted by Crippen LogP contribution is -2.26. The molecule has 0 aliphatic carbocycles. The highest BCUT2D eigenvalue weighted by atomic mass is 35.5. The van der Waals surface area contributed by atoms with Crippen LogP contribution in [-0.4, -0.2) is 15.0 Å². The molecule has 0 heterocycles. The maximum Gasteiger partial charge on any atom is 0.240 e. The van der Waals surface area contributed by atoms with E-state index in [0.717, 1.165) is 5.56 Å². The molecule has 0 aliphatic rings. The Kier molecular flexibility index (Phi) is 5.11. The molecule has 0 aliphatic heterocycles. The van der Waals surface area contributed by atoms with Gasteiger partial charge in [-0.05, 0) is 48.4 Å². The predicted molar refractivity (Wildman–Crippen MR) is 86.2 cm³/mol. The molecular weight excluding hydrogens is 331 g/mol. The number of benzene rings is 2. The number of hydrogen-bond acceptors (Lipinski definition) is 3. The Morgan fingerprint density at radius 3 is 2.14 bits per heavy atom. The lowest BCUT2D eigenvalue weighted by atomic mass is 10.1. The minimum Gasteiger partial charge on any atom is -0.399 e. The van der Waals surface area contributed by atoms with E-state index in [2.05, 4.69) is 4.72 Å². The number of halogens is 2. The van der Waals surface area contributed by atoms with Crippen molar-refractivity contribution in [1.29, 1.82) is 0 Å². The van der Waals surface area contributed by atoms with Gasteiger partial charge in [0.25, 0.3) is 0 Å². The maximum atomic E-state index is 12.1. The summed E-state index contributed by atoms with van der Waals surface area (Å²) in [5.41, 5.74) is 6.77. The Balaban J connectivity index is 2.04. The van der Waals surface area contributed by atoms with E-state index < -0.39 is 10.0 Å². The van der Waals surface area contributed by atoms with Gasteiger partial charge in [-0.1, -0.05) is 29.3 Å². The fraction of sp³-hybridized carbons (Fsp3) is 0.143. The zero-order chi connectivity index (χ0) is 15.5. The fourth-order valence-corrected chi connectivity index (χ4v) is 3.43. The molecule has 0 atom stereocenters. The second kappa shape index (κ2) is 6.66. The second-order valence-electron chi connectivity index (χ2n) is 4.42. The van der Waals surface area contributed by atoms with Gasteiger partial charge in [-0.3, -0.25) is 0 Å². The SMILES string of the molecule is Nc1ccc(S(=O)(=O)NCCc2c(Cl)cccc2Cl)cc1. The lowest BCUT2D eigenvalue weighted by Gasteiger charge is -2.09. The highest BCUT2D eigenvalue weighted by Crippen LogP contribution is 2.24. The van der Waals surface area contributed by atoms with Gasteiger partial charge in [-0.2, -0.15) is 0 Å². The monoisotopic (exact) mass is 344 g/mol. The van der Waals surface area contributed by atoms with Crippen LogP contribution < -0.4 is 10.5 Å². The molecule has 0 bridgehead atoms. The van der Waals surface area contributed by atoms with Crippen LogP contribution in [-0.2, 0) is 16.4 Å². The van der Waals surface area contributed by atoms with Gasteiger partial charge < -0.3 is 5.73 Å². The predicted octanol–water partition coefficient (Wildman–Crippen LogP) is 3.10. The third-order valence-electron chi connectivity index (χ3n) is 2.92. The standard InChI is InChI=1S/C14H14Cl2N2O2S/c15-13-2-1-3-14(16)12(13)8-9-18-21(19,20)11-6-4-10(17)5-7-11/h1-7,18H,8-9,17H2. The topological polar surface area (TPSA) is 72.2 Å². The quantitative estimate of drug-likeness (QED) is 0.818. The van der Waals surface area contributed by atoms with Crippen LogP contribution in [0.25, 0.3) is 0 Å². The van der Waals surface area contributed by atoms with Crippen molar-refractivity contribution in [3.63, 3.8) is 0 Å². The zero-order valence-corrected chi connectivity index (χ0v) is 13.3. The first kappa shape index (κ1) is 16.1. The van der Waals surface area contributed by atoms with Crippen LogP contribution >= 0.6 is 23.2 Å². The Bertz CT molecular complexity index is 711. The second-order valence-corrected chi connectivity index (χ2v) is 7.00. The molecule has 0 amide bonds. The van der Waals surface area contributed by atoms with Crippen molar-refractivity contribution < 1.29 is 8.42 Å². The first-order valence-corrected chi connectivity index (χ1v) is 8.42. The highest BCUT2D eigenvalue weighted by molar-refractivity contribution is 7.89. The van der Waals surface area contributed by atoms with Crippen molar-refractivity contribution >= 4 is 38.9 Å². The van der Waals surface area contributed by atoms with Crippen molar-refractivity contribution in [3.05, 3.63) is 58.1 Å². The minimum atomic E-state index is -3.56. The van der Waals surface area contributed by atoms with E-state index in [1.807, 2.05) is 0 Å². The van der Waals surface area contributed by atoms with Gasteiger partial charge in [0.15, 0.2) is 0 Å². The number of rotatable bonds is 5. The molecule has 0 spiro atoms. The maximum absolute atomic E-state index is 12.1. The average Bonchev–Trinajstić information content (AvgIpc) is 2.42. The molecule has 0 radical (unpaired) electrons. The van der Waals surface area contributed by atoms with Crippen molar-refractivity contribution in [2.45, 2.75) is 11.3 Å². The zero-order valence-electron chi connectivity index (χ0n) is 11.0. The van der Waals surface area contributed by atoms with Gasteiger partial charge in [0, 0.05) is 22.3 Å². The van der Waals surface area contributed by atoms with Gasteiger partial charge in [0.1, 0.15) is 0 Å². The third-order valence-corrected chi connectivity index (χ3v) is 5.10.